The van der Waals surface area contributed by atoms with Crippen molar-refractivity contribution in [2.75, 3.05) is 5.32 Å². The third-order valence-electron chi connectivity index (χ3n) is 2.76. The number of hydrogen-bond acceptors (Lipinski definition) is 6. The smallest absolute Gasteiger partial charge is 0.129 e. The summed E-state index contributed by atoms with van der Waals surface area (Å²) in [6.45, 7) is 2.00. The normalized spacial score (nSPS) is 12.5. The lowest BCUT2D eigenvalue weighted by Crippen LogP contribution is -2.09. The largest absolute Gasteiger partial charge is 0.374 e. The Morgan fingerprint density at radius 3 is 2.95 bits per heavy atom. The minimum absolute atomic E-state index is 0.0153. The van der Waals surface area contributed by atoms with Crippen molar-refractivity contribution in [2.24, 2.45) is 0 Å². The molecule has 1 atom stereocenters. The van der Waals surface area contributed by atoms with E-state index in [0.29, 0.717) is 5.02 Å². The second kappa shape index (κ2) is 5.07. The van der Waals surface area contributed by atoms with Crippen LogP contribution < -0.4 is 5.32 Å². The third kappa shape index (κ3) is 2.36. The fraction of sp³-hybridized carbons (Fsp3) is 0.167. The van der Waals surface area contributed by atoms with Crippen LogP contribution in [0.3, 0.4) is 0 Å². The zero-order valence-electron chi connectivity index (χ0n) is 10.0. The van der Waals surface area contributed by atoms with E-state index in [1.807, 2.05) is 19.1 Å². The lowest BCUT2D eigenvalue weighted by atomic mass is 10.2. The summed E-state index contributed by atoms with van der Waals surface area (Å²) in [5, 5.41) is 3.95. The molecule has 0 saturated carbocycles. The molecule has 0 aliphatic rings. The van der Waals surface area contributed by atoms with Gasteiger partial charge in [0, 0.05) is 12.4 Å². The van der Waals surface area contributed by atoms with Gasteiger partial charge in [-0.1, -0.05) is 11.6 Å². The van der Waals surface area contributed by atoms with Crippen molar-refractivity contribution < 1.29 is 0 Å². The molecule has 1 N–H and O–H groups in total. The number of nitrogens with one attached hydrogen (secondary N) is 1. The van der Waals surface area contributed by atoms with E-state index in [1.54, 1.807) is 18.6 Å². The van der Waals surface area contributed by atoms with Crippen LogP contribution in [0.4, 0.5) is 5.69 Å². The predicted molar refractivity (Wildman–Crippen MR) is 76.5 cm³/mol. The van der Waals surface area contributed by atoms with Gasteiger partial charge in [0.15, 0.2) is 0 Å². The van der Waals surface area contributed by atoms with Crippen molar-refractivity contribution in [1.29, 1.82) is 0 Å². The van der Waals surface area contributed by atoms with Crippen LogP contribution in [0.5, 0.6) is 0 Å². The van der Waals surface area contributed by atoms with Gasteiger partial charge in [-0.05, 0) is 19.1 Å². The maximum Gasteiger partial charge on any atom is 0.129 e. The van der Waals surface area contributed by atoms with E-state index in [9.17, 15) is 0 Å². The van der Waals surface area contributed by atoms with Gasteiger partial charge in [0.2, 0.25) is 0 Å². The molecule has 0 aliphatic heterocycles. The maximum atomic E-state index is 6.23. The molecule has 0 saturated heterocycles. The number of fused-ring (bicyclic) bond motifs is 1. The van der Waals surface area contributed by atoms with Gasteiger partial charge in [0.25, 0.3) is 0 Å². The van der Waals surface area contributed by atoms with Gasteiger partial charge >= 0.3 is 0 Å². The molecule has 2 aromatic heterocycles. The van der Waals surface area contributed by atoms with Crippen LogP contribution in [0.15, 0.2) is 30.7 Å². The van der Waals surface area contributed by atoms with Crippen LogP contribution >= 0.6 is 23.3 Å². The van der Waals surface area contributed by atoms with Gasteiger partial charge in [0.1, 0.15) is 11.0 Å². The summed E-state index contributed by atoms with van der Waals surface area (Å²) < 4.78 is 8.48. The Balaban J connectivity index is 1.97. The van der Waals surface area contributed by atoms with E-state index in [0.717, 1.165) is 22.4 Å². The average molecular weight is 292 g/mol. The van der Waals surface area contributed by atoms with Crippen LogP contribution in [0.1, 0.15) is 18.7 Å². The summed E-state index contributed by atoms with van der Waals surface area (Å²) >= 11 is 7.40. The van der Waals surface area contributed by atoms with Gasteiger partial charge in [-0.3, -0.25) is 9.97 Å². The molecule has 1 aromatic carbocycles. The van der Waals surface area contributed by atoms with Crippen LogP contribution in [-0.2, 0) is 0 Å². The van der Waals surface area contributed by atoms with Crippen molar-refractivity contribution in [3.05, 3.63) is 41.4 Å². The minimum Gasteiger partial charge on any atom is -0.374 e. The molecular weight excluding hydrogens is 282 g/mol. The van der Waals surface area contributed by atoms with E-state index in [4.69, 9.17) is 11.6 Å². The standard InChI is InChI=1S/C12H10ClN5S/c1-7(10-6-14-4-5-15-10)16-11-8(13)2-3-9-12(11)18-19-17-9/h2-7,16H,1H3. The Morgan fingerprint density at radius 2 is 2.16 bits per heavy atom. The fourth-order valence-corrected chi connectivity index (χ4v) is 2.54. The Morgan fingerprint density at radius 1 is 1.26 bits per heavy atom. The lowest BCUT2D eigenvalue weighted by Gasteiger charge is -2.15. The molecule has 3 aromatic rings. The highest BCUT2D eigenvalue weighted by atomic mass is 35.5. The van der Waals surface area contributed by atoms with Crippen LogP contribution in [0.25, 0.3) is 11.0 Å². The second-order valence-corrected chi connectivity index (χ2v) is 4.99. The molecule has 5 nitrogen and oxygen atoms in total. The first-order valence-corrected chi connectivity index (χ1v) is 6.80. The van der Waals surface area contributed by atoms with E-state index in [2.05, 4.69) is 24.0 Å². The highest BCUT2D eigenvalue weighted by Crippen LogP contribution is 2.32. The molecule has 0 bridgehead atoms. The molecule has 0 aliphatic carbocycles. The molecule has 0 amide bonds. The summed E-state index contributed by atoms with van der Waals surface area (Å²) in [6.07, 6.45) is 5.04. The monoisotopic (exact) mass is 291 g/mol. The molecular formula is C12H10ClN5S. The number of halogens is 1. The van der Waals surface area contributed by atoms with Gasteiger partial charge < -0.3 is 5.32 Å². The SMILES string of the molecule is CC(Nc1c(Cl)ccc2nsnc12)c1cnccn1. The topological polar surface area (TPSA) is 63.6 Å². The maximum absolute atomic E-state index is 6.23. The van der Waals surface area contributed by atoms with E-state index < -0.39 is 0 Å². The highest BCUT2D eigenvalue weighted by molar-refractivity contribution is 7.00. The first-order chi connectivity index (χ1) is 9.25. The molecule has 7 heteroatoms. The van der Waals surface area contributed by atoms with E-state index in [-0.39, 0.29) is 6.04 Å². The Hall–Kier alpha value is -1.79. The lowest BCUT2D eigenvalue weighted by molar-refractivity contribution is 0.828. The van der Waals surface area contributed by atoms with Crippen LogP contribution in [-0.4, -0.2) is 18.7 Å². The highest BCUT2D eigenvalue weighted by Gasteiger charge is 2.14. The van der Waals surface area contributed by atoms with Crippen molar-refractivity contribution in [3.63, 3.8) is 0 Å². The van der Waals surface area contributed by atoms with E-state index >= 15 is 0 Å². The van der Waals surface area contributed by atoms with Crippen LogP contribution in [0.2, 0.25) is 5.02 Å². The number of benzene rings is 1. The summed E-state index contributed by atoms with van der Waals surface area (Å²) in [4.78, 5) is 8.33. The van der Waals surface area contributed by atoms with E-state index in [1.165, 1.54) is 11.7 Å². The molecule has 0 fully saturated rings. The summed E-state index contributed by atoms with van der Waals surface area (Å²) in [7, 11) is 0. The summed E-state index contributed by atoms with van der Waals surface area (Å²) in [5.74, 6) is 0. The first kappa shape index (κ1) is 12.3. The number of rotatable bonds is 3. The molecule has 0 radical (unpaired) electrons. The fourth-order valence-electron chi connectivity index (χ4n) is 1.79. The summed E-state index contributed by atoms with van der Waals surface area (Å²) in [6, 6.07) is 3.66. The Kier molecular flexibility index (Phi) is 3.27. The number of hydrogen-bond donors (Lipinski definition) is 1. The van der Waals surface area contributed by atoms with Crippen molar-refractivity contribution in [1.82, 2.24) is 18.7 Å². The number of aromatic nitrogens is 4. The van der Waals surface area contributed by atoms with Crippen molar-refractivity contribution >= 4 is 40.0 Å². The number of anilines is 1. The molecule has 1 unspecified atom stereocenters. The Labute approximate surface area is 119 Å². The van der Waals surface area contributed by atoms with Gasteiger partial charge in [-0.2, -0.15) is 8.75 Å². The first-order valence-electron chi connectivity index (χ1n) is 5.69. The molecule has 19 heavy (non-hydrogen) atoms. The predicted octanol–water partition coefficient (Wildman–Crippen LogP) is 3.31. The molecule has 3 rings (SSSR count). The van der Waals surface area contributed by atoms with Gasteiger partial charge in [-0.25, -0.2) is 0 Å². The van der Waals surface area contributed by atoms with Crippen molar-refractivity contribution in [2.45, 2.75) is 13.0 Å². The third-order valence-corrected chi connectivity index (χ3v) is 3.62. The molecule has 0 spiro atoms. The van der Waals surface area contributed by atoms with Gasteiger partial charge in [-0.15, -0.1) is 0 Å². The zero-order chi connectivity index (χ0) is 13.2. The van der Waals surface area contributed by atoms with Crippen molar-refractivity contribution in [3.8, 4) is 0 Å². The minimum atomic E-state index is -0.0153. The average Bonchev–Trinajstić information content (AvgIpc) is 2.91. The Bertz CT molecular complexity index is 700. The molecule has 96 valence electrons. The zero-order valence-corrected chi connectivity index (χ0v) is 11.6. The number of nitrogens with zero attached hydrogens (tertiary/aromatic N) is 4. The van der Waals surface area contributed by atoms with Crippen LogP contribution in [0, 0.1) is 0 Å². The summed E-state index contributed by atoms with van der Waals surface area (Å²) in [5.41, 5.74) is 3.25. The molecule has 2 heterocycles. The second-order valence-electron chi connectivity index (χ2n) is 4.05. The van der Waals surface area contributed by atoms with Gasteiger partial charge in [0.05, 0.1) is 40.4 Å². The quantitative estimate of drug-likeness (QED) is 0.802.